The van der Waals surface area contributed by atoms with Gasteiger partial charge >= 0.3 is 5.97 Å². The zero-order chi connectivity index (χ0) is 16.1. The van der Waals surface area contributed by atoms with E-state index < -0.39 is 5.97 Å². The Balaban J connectivity index is 2.05. The first-order valence-electron chi connectivity index (χ1n) is 6.60. The zero-order valence-electron chi connectivity index (χ0n) is 12.2. The third kappa shape index (κ3) is 4.11. The normalized spacial score (nSPS) is 11.1. The molecule has 5 heteroatoms. The van der Waals surface area contributed by atoms with Gasteiger partial charge in [-0.15, -0.1) is 0 Å². The number of benzene rings is 2. The van der Waals surface area contributed by atoms with Crippen molar-refractivity contribution in [1.29, 1.82) is 0 Å². The molecule has 0 aliphatic carbocycles. The third-order valence-corrected chi connectivity index (χ3v) is 3.52. The largest absolute Gasteiger partial charge is 0.365 e. The van der Waals surface area contributed by atoms with E-state index >= 15 is 0 Å². The Morgan fingerprint density at radius 3 is 2.09 bits per heavy atom. The molecule has 0 saturated carbocycles. The van der Waals surface area contributed by atoms with E-state index in [4.69, 9.17) is 4.84 Å². The Morgan fingerprint density at radius 2 is 1.50 bits per heavy atom. The Morgan fingerprint density at radius 1 is 0.955 bits per heavy atom. The Bertz CT molecular complexity index is 719. The van der Waals surface area contributed by atoms with Gasteiger partial charge in [-0.1, -0.05) is 38.8 Å². The molecule has 22 heavy (non-hydrogen) atoms. The van der Waals surface area contributed by atoms with Crippen LogP contribution >= 0.6 is 15.9 Å². The molecule has 2 rings (SSSR count). The fraction of sp³-hybridized carbons (Fsp3) is 0.118. The summed E-state index contributed by atoms with van der Waals surface area (Å²) in [6.45, 7) is 3.43. The van der Waals surface area contributed by atoms with E-state index in [9.17, 15) is 9.59 Å². The van der Waals surface area contributed by atoms with E-state index in [0.29, 0.717) is 11.1 Å². The summed E-state index contributed by atoms with van der Waals surface area (Å²) in [5.41, 5.74) is 2.03. The van der Waals surface area contributed by atoms with E-state index in [2.05, 4.69) is 21.1 Å². The predicted octanol–water partition coefficient (Wildman–Crippen LogP) is 4.17. The summed E-state index contributed by atoms with van der Waals surface area (Å²) in [5.74, 6) is -0.882. The highest BCUT2D eigenvalue weighted by atomic mass is 79.9. The lowest BCUT2D eigenvalue weighted by molar-refractivity contribution is 0.0515. The second kappa shape index (κ2) is 7.13. The van der Waals surface area contributed by atoms with E-state index in [1.807, 2.05) is 6.92 Å². The maximum absolute atomic E-state index is 12.1. The van der Waals surface area contributed by atoms with Gasteiger partial charge in [-0.05, 0) is 50.2 Å². The average molecular weight is 360 g/mol. The van der Waals surface area contributed by atoms with Crippen molar-refractivity contribution in [3.8, 4) is 0 Å². The van der Waals surface area contributed by atoms with Crippen molar-refractivity contribution in [3.63, 3.8) is 0 Å². The monoisotopic (exact) mass is 359 g/mol. The van der Waals surface area contributed by atoms with Crippen molar-refractivity contribution >= 4 is 33.4 Å². The summed E-state index contributed by atoms with van der Waals surface area (Å²) in [7, 11) is 0. The fourth-order valence-corrected chi connectivity index (χ4v) is 1.97. The van der Waals surface area contributed by atoms with Gasteiger partial charge in [-0.3, -0.25) is 4.79 Å². The number of carbonyl (C=O) groups is 2. The Kier molecular flexibility index (Phi) is 5.22. The molecule has 0 heterocycles. The lowest BCUT2D eigenvalue weighted by atomic mass is 10.1. The van der Waals surface area contributed by atoms with Gasteiger partial charge in [0.1, 0.15) is 5.71 Å². The van der Waals surface area contributed by atoms with Crippen LogP contribution in [-0.4, -0.2) is 17.5 Å². The van der Waals surface area contributed by atoms with Gasteiger partial charge in [0.25, 0.3) is 0 Å². The summed E-state index contributed by atoms with van der Waals surface area (Å²) in [5, 5.41) is 3.63. The van der Waals surface area contributed by atoms with Crippen molar-refractivity contribution in [2.45, 2.75) is 13.8 Å². The first-order valence-corrected chi connectivity index (χ1v) is 7.39. The molecule has 0 atom stereocenters. The molecule has 0 N–H and O–H groups in total. The first-order chi connectivity index (χ1) is 10.5. The SMILES string of the molecule is C/C(=N\OC(=O)c1ccc(C)cc1)C(=O)c1ccc(Br)cc1. The van der Waals surface area contributed by atoms with Crippen LogP contribution in [0.1, 0.15) is 33.2 Å². The lowest BCUT2D eigenvalue weighted by Gasteiger charge is -2.02. The molecule has 0 fully saturated rings. The number of hydrogen-bond donors (Lipinski definition) is 0. The van der Waals surface area contributed by atoms with Crippen LogP contribution < -0.4 is 0 Å². The topological polar surface area (TPSA) is 55.7 Å². The summed E-state index contributed by atoms with van der Waals surface area (Å²) >= 11 is 3.30. The van der Waals surface area contributed by atoms with Gasteiger partial charge < -0.3 is 4.84 Å². The summed E-state index contributed by atoms with van der Waals surface area (Å²) in [6.07, 6.45) is 0. The molecule has 4 nitrogen and oxygen atoms in total. The van der Waals surface area contributed by atoms with Gasteiger partial charge in [0.05, 0.1) is 5.56 Å². The van der Waals surface area contributed by atoms with Crippen LogP contribution in [0.3, 0.4) is 0 Å². The van der Waals surface area contributed by atoms with Crippen LogP contribution in [0.25, 0.3) is 0 Å². The minimum Gasteiger partial charge on any atom is -0.312 e. The molecule has 0 aromatic heterocycles. The molecular weight excluding hydrogens is 346 g/mol. The van der Waals surface area contributed by atoms with Gasteiger partial charge in [-0.2, -0.15) is 0 Å². The number of ketones is 1. The molecule has 0 amide bonds. The molecule has 0 radical (unpaired) electrons. The van der Waals surface area contributed by atoms with Crippen molar-refractivity contribution in [3.05, 3.63) is 69.7 Å². The van der Waals surface area contributed by atoms with E-state index in [-0.39, 0.29) is 11.5 Å². The van der Waals surface area contributed by atoms with Gasteiger partial charge in [-0.25, -0.2) is 4.79 Å². The molecule has 112 valence electrons. The molecule has 0 aliphatic rings. The Hall–Kier alpha value is -2.27. The van der Waals surface area contributed by atoms with Crippen LogP contribution in [0.4, 0.5) is 0 Å². The number of aryl methyl sites for hydroxylation is 1. The second-order valence-electron chi connectivity index (χ2n) is 4.76. The second-order valence-corrected chi connectivity index (χ2v) is 5.67. The highest BCUT2D eigenvalue weighted by Crippen LogP contribution is 2.12. The molecule has 0 unspecified atom stereocenters. The van der Waals surface area contributed by atoms with Crippen molar-refractivity contribution in [1.82, 2.24) is 0 Å². The standard InChI is InChI=1S/C17H14BrNO3/c1-11-3-5-14(6-4-11)17(21)22-19-12(2)16(20)13-7-9-15(18)10-8-13/h3-10H,1-2H3/b19-12+. The van der Waals surface area contributed by atoms with Crippen molar-refractivity contribution in [2.24, 2.45) is 5.16 Å². The minimum atomic E-state index is -0.594. The number of rotatable bonds is 4. The van der Waals surface area contributed by atoms with Gasteiger partial charge in [0, 0.05) is 10.0 Å². The number of nitrogens with zero attached hydrogens (tertiary/aromatic N) is 1. The number of carbonyl (C=O) groups excluding carboxylic acids is 2. The first kappa shape index (κ1) is 16.1. The molecule has 0 spiro atoms. The van der Waals surface area contributed by atoms with Crippen LogP contribution in [0.2, 0.25) is 0 Å². The van der Waals surface area contributed by atoms with E-state index in [1.165, 1.54) is 6.92 Å². The third-order valence-electron chi connectivity index (χ3n) is 2.99. The summed E-state index contributed by atoms with van der Waals surface area (Å²) < 4.78 is 0.879. The van der Waals surface area contributed by atoms with Crippen LogP contribution in [0.15, 0.2) is 58.2 Å². The zero-order valence-corrected chi connectivity index (χ0v) is 13.8. The lowest BCUT2D eigenvalue weighted by Crippen LogP contribution is -2.12. The van der Waals surface area contributed by atoms with Crippen LogP contribution in [0.5, 0.6) is 0 Å². The predicted molar refractivity (Wildman–Crippen MR) is 88.2 cm³/mol. The van der Waals surface area contributed by atoms with Crippen LogP contribution in [0, 0.1) is 6.92 Å². The number of hydrogen-bond acceptors (Lipinski definition) is 4. The average Bonchev–Trinajstić information content (AvgIpc) is 2.53. The summed E-state index contributed by atoms with van der Waals surface area (Å²) in [4.78, 5) is 28.7. The van der Waals surface area contributed by atoms with Crippen molar-refractivity contribution in [2.75, 3.05) is 0 Å². The number of oxime groups is 1. The molecule has 0 bridgehead atoms. The minimum absolute atomic E-state index is 0.114. The maximum atomic E-state index is 12.1. The number of Topliss-reactive ketones (excluding diaryl/α,β-unsaturated/α-hetero) is 1. The fourth-order valence-electron chi connectivity index (χ4n) is 1.70. The molecule has 2 aromatic carbocycles. The molecule has 2 aromatic rings. The van der Waals surface area contributed by atoms with E-state index in [0.717, 1.165) is 10.0 Å². The molecule has 0 aliphatic heterocycles. The van der Waals surface area contributed by atoms with Gasteiger partial charge in [0.2, 0.25) is 5.78 Å². The molecular formula is C17H14BrNO3. The van der Waals surface area contributed by atoms with Gasteiger partial charge in [0.15, 0.2) is 0 Å². The maximum Gasteiger partial charge on any atom is 0.365 e. The highest BCUT2D eigenvalue weighted by molar-refractivity contribution is 9.10. The quantitative estimate of drug-likeness (QED) is 0.356. The molecule has 0 saturated heterocycles. The smallest absolute Gasteiger partial charge is 0.312 e. The Labute approximate surface area is 136 Å². The highest BCUT2D eigenvalue weighted by Gasteiger charge is 2.12. The van der Waals surface area contributed by atoms with Crippen molar-refractivity contribution < 1.29 is 14.4 Å². The number of halogens is 1. The van der Waals surface area contributed by atoms with E-state index in [1.54, 1.807) is 48.5 Å². The summed E-state index contributed by atoms with van der Waals surface area (Å²) in [6, 6.07) is 13.8. The van der Waals surface area contributed by atoms with Crippen LogP contribution in [-0.2, 0) is 4.84 Å².